The van der Waals surface area contributed by atoms with Gasteiger partial charge >= 0.3 is 0 Å². The Morgan fingerprint density at radius 3 is 2.26 bits per heavy atom. The molecular formula is C30H33N5O3. The van der Waals surface area contributed by atoms with Crippen LogP contribution in [-0.2, 0) is 4.79 Å². The minimum absolute atomic E-state index is 0.0281. The summed E-state index contributed by atoms with van der Waals surface area (Å²) in [5.74, 6) is -0.424. The first-order valence-corrected chi connectivity index (χ1v) is 13.2. The van der Waals surface area contributed by atoms with Gasteiger partial charge in [0.15, 0.2) is 0 Å². The third-order valence-electron chi connectivity index (χ3n) is 8.04. The number of nitrogens with one attached hydrogen (secondary N) is 3. The van der Waals surface area contributed by atoms with E-state index >= 15 is 0 Å². The lowest BCUT2D eigenvalue weighted by Crippen LogP contribution is -2.59. The predicted octanol–water partition coefficient (Wildman–Crippen LogP) is 4.23. The number of rotatable bonds is 4. The van der Waals surface area contributed by atoms with Gasteiger partial charge in [-0.3, -0.25) is 14.4 Å². The molecule has 38 heavy (non-hydrogen) atoms. The molecule has 2 saturated heterocycles. The molecule has 0 radical (unpaired) electrons. The Hall–Kier alpha value is -4.07. The van der Waals surface area contributed by atoms with Crippen molar-refractivity contribution >= 4 is 39.5 Å². The number of hydrogen-bond acceptors (Lipinski definition) is 3. The van der Waals surface area contributed by atoms with Crippen molar-refractivity contribution in [2.75, 3.05) is 13.1 Å². The number of H-pyrrole nitrogens is 2. The molecule has 2 aliphatic rings. The standard InChI is InChI=1S/C30H33N5O3/c1-17-8-7-10-19-13-24(32-25(17)19)28(37)34-15-21-14-20(34)16-35(21)29(38)26(30(2,3)4)33-27(36)23-12-18-9-5-6-11-22(18)31-23/h5-13,20-21,26,31-32H,14-16H2,1-4H3,(H,33,36)/t20-,21-,26+/m0/s1. The number of piperazine rings is 1. The Morgan fingerprint density at radius 1 is 0.895 bits per heavy atom. The molecule has 2 fully saturated rings. The van der Waals surface area contributed by atoms with Gasteiger partial charge in [-0.1, -0.05) is 57.2 Å². The fraction of sp³-hybridized carbons (Fsp3) is 0.367. The largest absolute Gasteiger partial charge is 0.351 e. The Bertz CT molecular complexity index is 1540. The number of carbonyl (C=O) groups is 3. The molecule has 2 aromatic carbocycles. The number of likely N-dealkylation sites (tertiary alicyclic amines) is 2. The smallest absolute Gasteiger partial charge is 0.270 e. The summed E-state index contributed by atoms with van der Waals surface area (Å²) < 4.78 is 0. The normalized spacial score (nSPS) is 19.9. The zero-order valence-corrected chi connectivity index (χ0v) is 22.2. The van der Waals surface area contributed by atoms with E-state index in [0.29, 0.717) is 24.5 Å². The first kappa shape index (κ1) is 24.3. The molecule has 4 aromatic rings. The number of amides is 3. The molecule has 2 aliphatic heterocycles. The van der Waals surface area contributed by atoms with Crippen LogP contribution in [0.25, 0.3) is 21.8 Å². The van der Waals surface area contributed by atoms with Crippen LogP contribution in [0.5, 0.6) is 0 Å². The molecule has 2 aromatic heterocycles. The lowest BCUT2D eigenvalue weighted by atomic mass is 9.85. The maximum atomic E-state index is 13.8. The number of nitrogens with zero attached hydrogens (tertiary/aromatic N) is 2. The van der Waals surface area contributed by atoms with Crippen molar-refractivity contribution in [3.63, 3.8) is 0 Å². The SMILES string of the molecule is Cc1cccc2cc(C(=O)N3C[C@@H]4C[C@H]3CN4C(=O)[C@@H](NC(=O)c3cc4ccccc4[nH]3)C(C)(C)C)[nH]c12. The van der Waals surface area contributed by atoms with Gasteiger partial charge in [0.05, 0.1) is 12.1 Å². The summed E-state index contributed by atoms with van der Waals surface area (Å²) in [6.45, 7) is 8.88. The van der Waals surface area contributed by atoms with Crippen molar-refractivity contribution in [3.8, 4) is 0 Å². The zero-order valence-electron chi connectivity index (χ0n) is 22.2. The number of aromatic nitrogens is 2. The third-order valence-corrected chi connectivity index (χ3v) is 8.04. The average Bonchev–Trinajstić information content (AvgIpc) is 3.67. The van der Waals surface area contributed by atoms with E-state index < -0.39 is 11.5 Å². The van der Waals surface area contributed by atoms with Crippen LogP contribution in [0.2, 0.25) is 0 Å². The number of benzene rings is 2. The Kier molecular flexibility index (Phi) is 5.59. The van der Waals surface area contributed by atoms with Crippen molar-refractivity contribution in [2.24, 2.45) is 5.41 Å². The highest BCUT2D eigenvalue weighted by Crippen LogP contribution is 2.34. The van der Waals surface area contributed by atoms with Gasteiger partial charge in [-0.15, -0.1) is 0 Å². The first-order valence-electron chi connectivity index (χ1n) is 13.2. The van der Waals surface area contributed by atoms with Gasteiger partial charge < -0.3 is 25.1 Å². The van der Waals surface area contributed by atoms with Crippen LogP contribution in [0.1, 0.15) is 53.7 Å². The maximum absolute atomic E-state index is 13.8. The Labute approximate surface area is 221 Å². The quantitative estimate of drug-likeness (QED) is 0.382. The lowest BCUT2D eigenvalue weighted by Gasteiger charge is -2.39. The van der Waals surface area contributed by atoms with Gasteiger partial charge in [-0.05, 0) is 42.5 Å². The van der Waals surface area contributed by atoms with E-state index in [2.05, 4.69) is 15.3 Å². The van der Waals surface area contributed by atoms with Gasteiger partial charge in [0.1, 0.15) is 17.4 Å². The summed E-state index contributed by atoms with van der Waals surface area (Å²) in [5, 5.41) is 4.97. The van der Waals surface area contributed by atoms with E-state index in [1.165, 1.54) is 0 Å². The number of aromatic amines is 2. The molecule has 8 nitrogen and oxygen atoms in total. The summed E-state index contributed by atoms with van der Waals surface area (Å²) in [7, 11) is 0. The molecule has 6 rings (SSSR count). The highest BCUT2D eigenvalue weighted by atomic mass is 16.2. The summed E-state index contributed by atoms with van der Waals surface area (Å²) in [6, 6.07) is 16.7. The first-order chi connectivity index (χ1) is 18.1. The molecule has 3 N–H and O–H groups in total. The summed E-state index contributed by atoms with van der Waals surface area (Å²) >= 11 is 0. The fourth-order valence-electron chi connectivity index (χ4n) is 5.98. The maximum Gasteiger partial charge on any atom is 0.270 e. The molecule has 8 heteroatoms. The van der Waals surface area contributed by atoms with Crippen LogP contribution in [0.4, 0.5) is 0 Å². The van der Waals surface area contributed by atoms with Gasteiger partial charge in [-0.25, -0.2) is 0 Å². The van der Waals surface area contributed by atoms with Crippen molar-refractivity contribution in [2.45, 2.75) is 52.2 Å². The summed E-state index contributed by atoms with van der Waals surface area (Å²) in [6.07, 6.45) is 0.754. The second kappa shape index (κ2) is 8.75. The minimum Gasteiger partial charge on any atom is -0.351 e. The second-order valence-corrected chi connectivity index (χ2v) is 11.8. The fourth-order valence-corrected chi connectivity index (χ4v) is 5.98. The number of para-hydroxylation sites is 2. The van der Waals surface area contributed by atoms with Gasteiger partial charge in [-0.2, -0.15) is 0 Å². The molecule has 4 heterocycles. The van der Waals surface area contributed by atoms with E-state index in [9.17, 15) is 14.4 Å². The van der Waals surface area contributed by atoms with E-state index in [-0.39, 0.29) is 29.8 Å². The minimum atomic E-state index is -0.693. The van der Waals surface area contributed by atoms with Crippen molar-refractivity contribution in [1.29, 1.82) is 0 Å². The molecule has 2 bridgehead atoms. The van der Waals surface area contributed by atoms with Gasteiger partial charge in [0, 0.05) is 34.9 Å². The highest BCUT2D eigenvalue weighted by molar-refractivity contribution is 6.01. The molecular weight excluding hydrogens is 478 g/mol. The van der Waals surface area contributed by atoms with Crippen LogP contribution < -0.4 is 5.32 Å². The van der Waals surface area contributed by atoms with Crippen molar-refractivity contribution in [3.05, 3.63) is 71.5 Å². The van der Waals surface area contributed by atoms with Crippen LogP contribution in [0, 0.1) is 12.3 Å². The van der Waals surface area contributed by atoms with Crippen LogP contribution in [0.15, 0.2) is 54.6 Å². The molecule has 196 valence electrons. The molecule has 0 unspecified atom stereocenters. The topological polar surface area (TPSA) is 101 Å². The monoisotopic (exact) mass is 511 g/mol. The van der Waals surface area contributed by atoms with Crippen LogP contribution >= 0.6 is 0 Å². The summed E-state index contributed by atoms with van der Waals surface area (Å²) in [5.41, 5.74) is 3.49. The second-order valence-electron chi connectivity index (χ2n) is 11.8. The van der Waals surface area contributed by atoms with Crippen molar-refractivity contribution in [1.82, 2.24) is 25.1 Å². The number of carbonyl (C=O) groups excluding carboxylic acids is 3. The zero-order chi connectivity index (χ0) is 26.8. The number of aryl methyl sites for hydroxylation is 1. The molecule has 0 saturated carbocycles. The van der Waals surface area contributed by atoms with Gasteiger partial charge in [0.25, 0.3) is 11.8 Å². The van der Waals surface area contributed by atoms with E-state index in [4.69, 9.17) is 0 Å². The van der Waals surface area contributed by atoms with Crippen molar-refractivity contribution < 1.29 is 14.4 Å². The van der Waals surface area contributed by atoms with Crippen LogP contribution in [-0.4, -0.2) is 68.7 Å². The molecule has 3 atom stereocenters. The molecule has 0 spiro atoms. The van der Waals surface area contributed by atoms with E-state index in [1.807, 2.05) is 92.1 Å². The lowest BCUT2D eigenvalue weighted by molar-refractivity contribution is -0.138. The van der Waals surface area contributed by atoms with Crippen LogP contribution in [0.3, 0.4) is 0 Å². The Balaban J connectivity index is 1.17. The Morgan fingerprint density at radius 2 is 1.58 bits per heavy atom. The molecule has 3 amide bonds. The third kappa shape index (κ3) is 4.04. The summed E-state index contributed by atoms with van der Waals surface area (Å²) in [4.78, 5) is 50.6. The highest BCUT2D eigenvalue weighted by Gasteiger charge is 2.50. The van der Waals surface area contributed by atoms with Gasteiger partial charge in [0.2, 0.25) is 5.91 Å². The molecule has 0 aliphatic carbocycles. The predicted molar refractivity (Wildman–Crippen MR) is 147 cm³/mol. The number of fused-ring (bicyclic) bond motifs is 4. The number of hydrogen-bond donors (Lipinski definition) is 3. The average molecular weight is 512 g/mol. The van der Waals surface area contributed by atoms with E-state index in [0.717, 1.165) is 33.8 Å². The van der Waals surface area contributed by atoms with E-state index in [1.54, 1.807) is 0 Å².